The van der Waals surface area contributed by atoms with Crippen LogP contribution in [0.3, 0.4) is 0 Å². The Morgan fingerprint density at radius 1 is 1.00 bits per heavy atom. The van der Waals surface area contributed by atoms with Gasteiger partial charge in [-0.1, -0.05) is 30.3 Å². The number of phenols is 1. The quantitative estimate of drug-likeness (QED) is 0.387. The van der Waals surface area contributed by atoms with E-state index in [1.54, 1.807) is 55.7 Å². The highest BCUT2D eigenvalue weighted by Gasteiger charge is 2.38. The predicted molar refractivity (Wildman–Crippen MR) is 113 cm³/mol. The number of benzene rings is 3. The van der Waals surface area contributed by atoms with Crippen molar-refractivity contribution in [3.8, 4) is 23.0 Å². The molecule has 154 valence electrons. The average molecular weight is 414 g/mol. The smallest absolute Gasteiger partial charge is 0.312 e. The van der Waals surface area contributed by atoms with Crippen molar-refractivity contribution in [1.29, 1.82) is 0 Å². The number of carbonyl (C=O) groups is 2. The van der Waals surface area contributed by atoms with Gasteiger partial charge in [0.15, 0.2) is 5.76 Å². The van der Waals surface area contributed by atoms with Crippen LogP contribution < -0.4 is 14.2 Å². The first kappa shape index (κ1) is 18.9. The fourth-order valence-corrected chi connectivity index (χ4v) is 4.02. The summed E-state index contributed by atoms with van der Waals surface area (Å²) in [6, 6.07) is 17.2. The van der Waals surface area contributed by atoms with Crippen molar-refractivity contribution in [2.75, 3.05) is 7.11 Å². The second kappa shape index (κ2) is 7.32. The number of ketones is 1. The van der Waals surface area contributed by atoms with Gasteiger partial charge in [-0.3, -0.25) is 9.59 Å². The Labute approximate surface area is 178 Å². The minimum atomic E-state index is -0.361. The van der Waals surface area contributed by atoms with Crippen molar-refractivity contribution < 1.29 is 28.9 Å². The standard InChI is InChI=1S/C25H18O6/c1-29-19-5-3-2-4-15(19)12-21-24(28)17-10-11-20-23(25(17)31-21)18(13-22(27)30-20)14-6-8-16(26)9-7-14/h2-12,18,26H,13H2,1H3. The van der Waals surface area contributed by atoms with E-state index in [1.807, 2.05) is 18.2 Å². The van der Waals surface area contributed by atoms with Gasteiger partial charge in [-0.05, 0) is 42.0 Å². The number of para-hydroxylation sites is 1. The zero-order valence-corrected chi connectivity index (χ0v) is 16.6. The highest BCUT2D eigenvalue weighted by Crippen LogP contribution is 2.49. The molecule has 2 aliphatic rings. The lowest BCUT2D eigenvalue weighted by Gasteiger charge is -2.26. The van der Waals surface area contributed by atoms with E-state index in [4.69, 9.17) is 14.2 Å². The molecule has 1 N–H and O–H groups in total. The summed E-state index contributed by atoms with van der Waals surface area (Å²) < 4.78 is 16.9. The Kier molecular flexibility index (Phi) is 4.47. The summed E-state index contributed by atoms with van der Waals surface area (Å²) in [5, 5.41) is 9.63. The van der Waals surface area contributed by atoms with Crippen LogP contribution in [-0.2, 0) is 4.79 Å². The van der Waals surface area contributed by atoms with E-state index >= 15 is 0 Å². The summed E-state index contributed by atoms with van der Waals surface area (Å²) >= 11 is 0. The first-order valence-corrected chi connectivity index (χ1v) is 9.79. The van der Waals surface area contributed by atoms with E-state index in [1.165, 1.54) is 0 Å². The fourth-order valence-electron chi connectivity index (χ4n) is 4.02. The number of phenolic OH excluding ortho intramolecular Hbond substituents is 1. The van der Waals surface area contributed by atoms with E-state index in [0.29, 0.717) is 28.4 Å². The molecule has 2 heterocycles. The van der Waals surface area contributed by atoms with Gasteiger partial charge in [0.25, 0.3) is 0 Å². The molecule has 0 aliphatic carbocycles. The Morgan fingerprint density at radius 2 is 1.77 bits per heavy atom. The van der Waals surface area contributed by atoms with Gasteiger partial charge in [0.2, 0.25) is 5.78 Å². The molecule has 5 rings (SSSR count). The van der Waals surface area contributed by atoms with Crippen LogP contribution in [0.2, 0.25) is 0 Å². The number of Topliss-reactive ketones (excluding diaryl/α,β-unsaturated/α-hetero) is 1. The van der Waals surface area contributed by atoms with Crippen LogP contribution >= 0.6 is 0 Å². The molecule has 1 unspecified atom stereocenters. The zero-order valence-electron chi connectivity index (χ0n) is 16.6. The summed E-state index contributed by atoms with van der Waals surface area (Å²) in [5.41, 5.74) is 2.61. The SMILES string of the molecule is COc1ccccc1C=C1Oc2c(ccc3c2C(c2ccc(O)cc2)CC(=O)O3)C1=O. The maximum absolute atomic E-state index is 13.1. The summed E-state index contributed by atoms with van der Waals surface area (Å²) in [5.74, 6) is 0.743. The van der Waals surface area contributed by atoms with Crippen LogP contribution in [-0.4, -0.2) is 24.0 Å². The maximum atomic E-state index is 13.1. The van der Waals surface area contributed by atoms with Crippen molar-refractivity contribution in [2.45, 2.75) is 12.3 Å². The summed E-state index contributed by atoms with van der Waals surface area (Å²) in [7, 11) is 1.57. The molecule has 3 aromatic carbocycles. The second-order valence-electron chi connectivity index (χ2n) is 7.36. The molecule has 0 saturated carbocycles. The molecular formula is C25H18O6. The largest absolute Gasteiger partial charge is 0.508 e. The number of fused-ring (bicyclic) bond motifs is 3. The number of methoxy groups -OCH3 is 1. The Bertz CT molecular complexity index is 1240. The molecule has 6 heteroatoms. The first-order chi connectivity index (χ1) is 15.0. The van der Waals surface area contributed by atoms with Crippen molar-refractivity contribution in [3.63, 3.8) is 0 Å². The number of allylic oxidation sites excluding steroid dienone is 1. The molecule has 0 amide bonds. The van der Waals surface area contributed by atoms with Gasteiger partial charge in [-0.2, -0.15) is 0 Å². The summed E-state index contributed by atoms with van der Waals surface area (Å²) in [6.45, 7) is 0. The predicted octanol–water partition coefficient (Wildman–Crippen LogP) is 4.46. The van der Waals surface area contributed by atoms with E-state index in [9.17, 15) is 14.7 Å². The van der Waals surface area contributed by atoms with Gasteiger partial charge in [0.05, 0.1) is 19.1 Å². The number of rotatable bonds is 3. The Balaban J connectivity index is 1.61. The Hall–Kier alpha value is -4.06. The highest BCUT2D eigenvalue weighted by molar-refractivity contribution is 6.15. The van der Waals surface area contributed by atoms with Crippen LogP contribution in [0, 0.1) is 0 Å². The van der Waals surface area contributed by atoms with E-state index in [0.717, 1.165) is 11.1 Å². The second-order valence-corrected chi connectivity index (χ2v) is 7.36. The summed E-state index contributed by atoms with van der Waals surface area (Å²) in [6.07, 6.45) is 1.76. The third kappa shape index (κ3) is 3.22. The van der Waals surface area contributed by atoms with Crippen LogP contribution in [0.5, 0.6) is 23.0 Å². The zero-order chi connectivity index (χ0) is 21.5. The van der Waals surface area contributed by atoms with Gasteiger partial charge >= 0.3 is 5.97 Å². The molecule has 0 bridgehead atoms. The Morgan fingerprint density at radius 3 is 2.55 bits per heavy atom. The molecule has 0 spiro atoms. The summed E-state index contributed by atoms with van der Waals surface area (Å²) in [4.78, 5) is 25.3. The third-order valence-electron chi connectivity index (χ3n) is 5.50. The molecule has 0 radical (unpaired) electrons. The lowest BCUT2D eigenvalue weighted by atomic mass is 9.84. The lowest BCUT2D eigenvalue weighted by Crippen LogP contribution is -2.21. The normalized spacial score (nSPS) is 18.2. The van der Waals surface area contributed by atoms with Crippen LogP contribution in [0.15, 0.2) is 66.4 Å². The van der Waals surface area contributed by atoms with Gasteiger partial charge < -0.3 is 19.3 Å². The number of ether oxygens (including phenoxy) is 3. The molecule has 31 heavy (non-hydrogen) atoms. The molecule has 0 saturated heterocycles. The van der Waals surface area contributed by atoms with Crippen molar-refractivity contribution in [3.05, 3.63) is 88.7 Å². The molecule has 0 aromatic heterocycles. The fraction of sp³-hybridized carbons (Fsp3) is 0.120. The number of hydrogen-bond donors (Lipinski definition) is 1. The monoisotopic (exact) mass is 414 g/mol. The van der Waals surface area contributed by atoms with Crippen LogP contribution in [0.25, 0.3) is 6.08 Å². The maximum Gasteiger partial charge on any atom is 0.312 e. The number of aromatic hydroxyl groups is 1. The van der Waals surface area contributed by atoms with Gasteiger partial charge in [0.1, 0.15) is 23.0 Å². The topological polar surface area (TPSA) is 82.1 Å². The molecule has 1 atom stereocenters. The van der Waals surface area contributed by atoms with Crippen molar-refractivity contribution in [2.24, 2.45) is 0 Å². The lowest BCUT2D eigenvalue weighted by molar-refractivity contribution is -0.135. The molecule has 2 aliphatic heterocycles. The van der Waals surface area contributed by atoms with E-state index in [2.05, 4.69) is 0 Å². The minimum Gasteiger partial charge on any atom is -0.508 e. The van der Waals surface area contributed by atoms with E-state index in [-0.39, 0.29) is 35.6 Å². The highest BCUT2D eigenvalue weighted by atomic mass is 16.5. The van der Waals surface area contributed by atoms with E-state index < -0.39 is 0 Å². The molecule has 3 aromatic rings. The van der Waals surface area contributed by atoms with Crippen molar-refractivity contribution in [1.82, 2.24) is 0 Å². The van der Waals surface area contributed by atoms with Gasteiger partial charge in [-0.25, -0.2) is 0 Å². The van der Waals surface area contributed by atoms with Crippen LogP contribution in [0.1, 0.15) is 39.4 Å². The first-order valence-electron chi connectivity index (χ1n) is 9.79. The van der Waals surface area contributed by atoms with Gasteiger partial charge in [-0.15, -0.1) is 0 Å². The molecule has 0 fully saturated rings. The number of esters is 1. The molecule has 6 nitrogen and oxygen atoms in total. The van der Waals surface area contributed by atoms with Crippen LogP contribution in [0.4, 0.5) is 0 Å². The average Bonchev–Trinajstić information content (AvgIpc) is 3.09. The number of carbonyl (C=O) groups excluding carboxylic acids is 2. The van der Waals surface area contributed by atoms with Crippen molar-refractivity contribution >= 4 is 17.8 Å². The third-order valence-corrected chi connectivity index (χ3v) is 5.50. The minimum absolute atomic E-state index is 0.108. The number of hydrogen-bond acceptors (Lipinski definition) is 6. The molecular weight excluding hydrogens is 396 g/mol. The van der Waals surface area contributed by atoms with Gasteiger partial charge in [0, 0.05) is 17.0 Å².